The fraction of sp³-hybridized carbons (Fsp3) is 0.235. The third-order valence-corrected chi connectivity index (χ3v) is 3.88. The van der Waals surface area contributed by atoms with Gasteiger partial charge in [0.05, 0.1) is 5.02 Å². The average molecular weight is 273 g/mol. The Kier molecular flexibility index (Phi) is 4.39. The van der Waals surface area contributed by atoms with Crippen molar-refractivity contribution in [1.82, 2.24) is 0 Å². The van der Waals surface area contributed by atoms with Gasteiger partial charge < -0.3 is 0 Å². The first-order valence-corrected chi connectivity index (χ1v) is 6.88. The van der Waals surface area contributed by atoms with Gasteiger partial charge in [-0.3, -0.25) is 4.79 Å². The fourth-order valence-corrected chi connectivity index (χ4v) is 2.27. The molecule has 1 nitrogen and oxygen atoms in total. The van der Waals surface area contributed by atoms with E-state index >= 15 is 0 Å². The van der Waals surface area contributed by atoms with E-state index in [-0.39, 0.29) is 0 Å². The SMILES string of the molecule is CCC(C)c1ccc(-c2ccc(C=O)c(Cl)c2)cc1. The molecule has 0 aliphatic carbocycles. The third-order valence-electron chi connectivity index (χ3n) is 3.55. The quantitative estimate of drug-likeness (QED) is 0.687. The summed E-state index contributed by atoms with van der Waals surface area (Å²) in [6.07, 6.45) is 1.91. The minimum absolute atomic E-state index is 0.499. The number of carbonyl (C=O) groups excluding carboxylic acids is 1. The Hall–Kier alpha value is -1.60. The molecule has 1 atom stereocenters. The van der Waals surface area contributed by atoms with Crippen molar-refractivity contribution in [2.24, 2.45) is 0 Å². The van der Waals surface area contributed by atoms with Crippen LogP contribution in [0.15, 0.2) is 42.5 Å². The van der Waals surface area contributed by atoms with Crippen molar-refractivity contribution in [2.45, 2.75) is 26.2 Å². The second-order valence-corrected chi connectivity index (χ2v) is 5.19. The summed E-state index contributed by atoms with van der Waals surface area (Å²) >= 11 is 6.05. The van der Waals surface area contributed by atoms with Gasteiger partial charge >= 0.3 is 0 Å². The van der Waals surface area contributed by atoms with E-state index in [0.717, 1.165) is 23.8 Å². The van der Waals surface area contributed by atoms with Gasteiger partial charge in [0.1, 0.15) is 0 Å². The van der Waals surface area contributed by atoms with Crippen LogP contribution in [0, 0.1) is 0 Å². The second kappa shape index (κ2) is 6.03. The van der Waals surface area contributed by atoms with Crippen LogP contribution in [0.2, 0.25) is 5.02 Å². The molecule has 0 radical (unpaired) electrons. The van der Waals surface area contributed by atoms with Crippen molar-refractivity contribution >= 4 is 17.9 Å². The largest absolute Gasteiger partial charge is 0.298 e. The van der Waals surface area contributed by atoms with Crippen molar-refractivity contribution < 1.29 is 4.79 Å². The maximum absolute atomic E-state index is 10.7. The van der Waals surface area contributed by atoms with Crippen molar-refractivity contribution in [3.8, 4) is 11.1 Å². The molecule has 0 aromatic heterocycles. The number of hydrogen-bond acceptors (Lipinski definition) is 1. The van der Waals surface area contributed by atoms with E-state index in [2.05, 4.69) is 38.1 Å². The summed E-state index contributed by atoms with van der Waals surface area (Å²) in [4.78, 5) is 10.7. The molecule has 2 heteroatoms. The number of halogens is 1. The van der Waals surface area contributed by atoms with Crippen molar-refractivity contribution in [1.29, 1.82) is 0 Å². The molecule has 2 aromatic rings. The maximum Gasteiger partial charge on any atom is 0.151 e. The molecule has 0 spiro atoms. The second-order valence-electron chi connectivity index (χ2n) is 4.79. The highest BCUT2D eigenvalue weighted by Gasteiger charge is 2.05. The number of aldehydes is 1. The van der Waals surface area contributed by atoms with Crippen LogP contribution in [0.25, 0.3) is 11.1 Å². The molecule has 0 aliphatic heterocycles. The minimum Gasteiger partial charge on any atom is -0.298 e. The molecular formula is C17H17ClO. The summed E-state index contributed by atoms with van der Waals surface area (Å²) in [6.45, 7) is 4.42. The molecule has 2 aromatic carbocycles. The molecule has 1 unspecified atom stereocenters. The van der Waals surface area contributed by atoms with Crippen LogP contribution >= 0.6 is 11.6 Å². The van der Waals surface area contributed by atoms with E-state index in [1.54, 1.807) is 6.07 Å². The molecule has 0 aliphatic rings. The zero-order chi connectivity index (χ0) is 13.8. The van der Waals surface area contributed by atoms with Crippen LogP contribution < -0.4 is 0 Å². The van der Waals surface area contributed by atoms with E-state index in [1.165, 1.54) is 5.56 Å². The standard InChI is InChI=1S/C17H17ClO/c1-3-12(2)13-4-6-14(7-5-13)15-8-9-16(11-19)17(18)10-15/h4-12H,3H2,1-2H3. The van der Waals surface area contributed by atoms with E-state index in [9.17, 15) is 4.79 Å². The molecule has 0 fully saturated rings. The van der Waals surface area contributed by atoms with Gasteiger partial charge in [-0.25, -0.2) is 0 Å². The van der Waals surface area contributed by atoms with Crippen LogP contribution in [0.4, 0.5) is 0 Å². The van der Waals surface area contributed by atoms with Crippen molar-refractivity contribution in [3.05, 3.63) is 58.6 Å². The molecule has 0 amide bonds. The van der Waals surface area contributed by atoms with E-state index in [0.29, 0.717) is 16.5 Å². The zero-order valence-corrected chi connectivity index (χ0v) is 11.9. The van der Waals surface area contributed by atoms with Gasteiger partial charge in [-0.15, -0.1) is 0 Å². The van der Waals surface area contributed by atoms with Gasteiger partial charge in [0.2, 0.25) is 0 Å². The first-order chi connectivity index (χ1) is 9.15. The molecule has 2 rings (SSSR count). The highest BCUT2D eigenvalue weighted by molar-refractivity contribution is 6.33. The molecular weight excluding hydrogens is 256 g/mol. The van der Waals surface area contributed by atoms with Crippen LogP contribution in [0.5, 0.6) is 0 Å². The lowest BCUT2D eigenvalue weighted by Crippen LogP contribution is -1.91. The Labute approximate surface area is 119 Å². The number of carbonyl (C=O) groups is 1. The summed E-state index contributed by atoms with van der Waals surface area (Å²) in [7, 11) is 0. The van der Waals surface area contributed by atoms with Crippen molar-refractivity contribution in [2.75, 3.05) is 0 Å². The molecule has 0 saturated carbocycles. The number of benzene rings is 2. The molecule has 0 saturated heterocycles. The Morgan fingerprint density at radius 3 is 2.26 bits per heavy atom. The smallest absolute Gasteiger partial charge is 0.151 e. The fourth-order valence-electron chi connectivity index (χ4n) is 2.04. The van der Waals surface area contributed by atoms with Crippen LogP contribution in [-0.4, -0.2) is 6.29 Å². The van der Waals surface area contributed by atoms with E-state index < -0.39 is 0 Å². The Bertz CT molecular complexity index is 572. The van der Waals surface area contributed by atoms with Gasteiger partial charge in [0.25, 0.3) is 0 Å². The zero-order valence-electron chi connectivity index (χ0n) is 11.2. The molecule has 98 valence electrons. The van der Waals surface area contributed by atoms with E-state index in [1.807, 2.05) is 12.1 Å². The highest BCUT2D eigenvalue weighted by atomic mass is 35.5. The first-order valence-electron chi connectivity index (χ1n) is 6.50. The topological polar surface area (TPSA) is 17.1 Å². The van der Waals surface area contributed by atoms with Gasteiger partial charge in [-0.05, 0) is 41.2 Å². The molecule has 0 bridgehead atoms. The predicted molar refractivity (Wildman–Crippen MR) is 81.0 cm³/mol. The van der Waals surface area contributed by atoms with Crippen LogP contribution in [-0.2, 0) is 0 Å². The highest BCUT2D eigenvalue weighted by Crippen LogP contribution is 2.27. The maximum atomic E-state index is 10.7. The minimum atomic E-state index is 0.499. The molecule has 0 N–H and O–H groups in total. The first kappa shape index (κ1) is 13.8. The van der Waals surface area contributed by atoms with Gasteiger partial charge in [0, 0.05) is 5.56 Å². The lowest BCUT2D eigenvalue weighted by molar-refractivity contribution is 0.112. The molecule has 0 heterocycles. The normalized spacial score (nSPS) is 12.2. The summed E-state index contributed by atoms with van der Waals surface area (Å²) in [5.41, 5.74) is 4.03. The van der Waals surface area contributed by atoms with Crippen molar-refractivity contribution in [3.63, 3.8) is 0 Å². The van der Waals surface area contributed by atoms with Gasteiger partial charge in [-0.1, -0.05) is 55.8 Å². The summed E-state index contributed by atoms with van der Waals surface area (Å²) in [6, 6.07) is 14.0. The Morgan fingerprint density at radius 1 is 1.11 bits per heavy atom. The summed E-state index contributed by atoms with van der Waals surface area (Å²) < 4.78 is 0. The monoisotopic (exact) mass is 272 g/mol. The van der Waals surface area contributed by atoms with Gasteiger partial charge in [-0.2, -0.15) is 0 Å². The molecule has 19 heavy (non-hydrogen) atoms. The number of hydrogen-bond donors (Lipinski definition) is 0. The third kappa shape index (κ3) is 3.05. The van der Waals surface area contributed by atoms with Crippen LogP contribution in [0.1, 0.15) is 42.1 Å². The summed E-state index contributed by atoms with van der Waals surface area (Å²) in [5, 5.41) is 0.499. The Balaban J connectivity index is 2.32. The Morgan fingerprint density at radius 2 is 1.74 bits per heavy atom. The van der Waals surface area contributed by atoms with Gasteiger partial charge in [0.15, 0.2) is 6.29 Å². The lowest BCUT2D eigenvalue weighted by atomic mass is 9.96. The predicted octanol–water partition coefficient (Wildman–Crippen LogP) is 5.33. The average Bonchev–Trinajstić information content (AvgIpc) is 2.46. The number of rotatable bonds is 4. The lowest BCUT2D eigenvalue weighted by Gasteiger charge is -2.10. The van der Waals surface area contributed by atoms with E-state index in [4.69, 9.17) is 11.6 Å². The van der Waals surface area contributed by atoms with Crippen LogP contribution in [0.3, 0.4) is 0 Å². The summed E-state index contributed by atoms with van der Waals surface area (Å²) in [5.74, 6) is 0.579.